The summed E-state index contributed by atoms with van der Waals surface area (Å²) in [5.74, 6) is 0.431. The highest BCUT2D eigenvalue weighted by Crippen LogP contribution is 2.20. The monoisotopic (exact) mass is 355 g/mol. The Balaban J connectivity index is 1.38. The minimum absolute atomic E-state index is 0.00496. The van der Waals surface area contributed by atoms with Crippen LogP contribution in [0.3, 0.4) is 0 Å². The molecule has 0 aliphatic carbocycles. The molecule has 2 aromatic rings. The summed E-state index contributed by atoms with van der Waals surface area (Å²) >= 11 is 0. The van der Waals surface area contributed by atoms with E-state index in [1.54, 1.807) is 17.2 Å². The standard InChI is InChI=1S/C20H25N3O3/c1-22(17-7-3-2-4-8-17)11-6-10-21-20(25)16-13-19(24)23(14-16)15-18-9-5-12-26-18/h2-5,7-9,12,16H,6,10-11,13-15H2,1H3,(H,21,25). The number of likely N-dealkylation sites (tertiary alicyclic amines) is 1. The molecule has 1 aliphatic heterocycles. The topological polar surface area (TPSA) is 65.8 Å². The molecule has 2 amide bonds. The maximum Gasteiger partial charge on any atom is 0.225 e. The molecule has 0 radical (unpaired) electrons. The number of para-hydroxylation sites is 1. The van der Waals surface area contributed by atoms with Crippen molar-refractivity contribution >= 4 is 17.5 Å². The van der Waals surface area contributed by atoms with Crippen molar-refractivity contribution in [1.82, 2.24) is 10.2 Å². The van der Waals surface area contributed by atoms with Gasteiger partial charge in [-0.2, -0.15) is 0 Å². The first-order valence-electron chi connectivity index (χ1n) is 8.97. The fourth-order valence-electron chi connectivity index (χ4n) is 3.18. The molecule has 1 unspecified atom stereocenters. The Morgan fingerprint density at radius 2 is 2.08 bits per heavy atom. The van der Waals surface area contributed by atoms with Crippen LogP contribution in [0.15, 0.2) is 53.1 Å². The van der Waals surface area contributed by atoms with Gasteiger partial charge in [0.1, 0.15) is 5.76 Å². The Morgan fingerprint density at radius 1 is 1.27 bits per heavy atom. The number of rotatable bonds is 8. The first kappa shape index (κ1) is 18.0. The van der Waals surface area contributed by atoms with Gasteiger partial charge in [-0.05, 0) is 30.7 Å². The SMILES string of the molecule is CN(CCCNC(=O)C1CC(=O)N(Cc2ccco2)C1)c1ccccc1. The highest BCUT2D eigenvalue weighted by atomic mass is 16.3. The largest absolute Gasteiger partial charge is 0.467 e. The molecule has 0 bridgehead atoms. The van der Waals surface area contributed by atoms with Crippen molar-refractivity contribution in [2.75, 3.05) is 31.6 Å². The molecule has 6 nitrogen and oxygen atoms in total. The predicted octanol–water partition coefficient (Wildman–Crippen LogP) is 2.27. The van der Waals surface area contributed by atoms with E-state index in [-0.39, 0.29) is 24.2 Å². The van der Waals surface area contributed by atoms with Crippen LogP contribution in [0.1, 0.15) is 18.6 Å². The molecule has 1 aromatic heterocycles. The van der Waals surface area contributed by atoms with Gasteiger partial charge in [-0.25, -0.2) is 0 Å². The number of carbonyl (C=O) groups excluding carboxylic acids is 2. The second-order valence-electron chi connectivity index (χ2n) is 6.66. The smallest absolute Gasteiger partial charge is 0.225 e. The number of benzene rings is 1. The second kappa shape index (κ2) is 8.56. The fraction of sp³-hybridized carbons (Fsp3) is 0.400. The predicted molar refractivity (Wildman–Crippen MR) is 99.6 cm³/mol. The van der Waals surface area contributed by atoms with E-state index in [0.717, 1.165) is 24.4 Å². The van der Waals surface area contributed by atoms with Gasteiger partial charge in [-0.1, -0.05) is 18.2 Å². The van der Waals surface area contributed by atoms with Crippen molar-refractivity contribution in [2.45, 2.75) is 19.4 Å². The molecule has 6 heteroatoms. The van der Waals surface area contributed by atoms with Crippen molar-refractivity contribution < 1.29 is 14.0 Å². The van der Waals surface area contributed by atoms with E-state index in [4.69, 9.17) is 4.42 Å². The van der Waals surface area contributed by atoms with Gasteiger partial charge < -0.3 is 19.5 Å². The fourth-order valence-corrected chi connectivity index (χ4v) is 3.18. The average Bonchev–Trinajstić information content (AvgIpc) is 3.30. The third-order valence-electron chi connectivity index (χ3n) is 4.68. The zero-order valence-electron chi connectivity index (χ0n) is 15.1. The Kier molecular flexibility index (Phi) is 5.94. The lowest BCUT2D eigenvalue weighted by Crippen LogP contribution is -2.34. The minimum Gasteiger partial charge on any atom is -0.467 e. The minimum atomic E-state index is -0.274. The van der Waals surface area contributed by atoms with Gasteiger partial charge in [0, 0.05) is 38.8 Å². The summed E-state index contributed by atoms with van der Waals surface area (Å²) in [6, 6.07) is 13.8. The molecule has 138 valence electrons. The van der Waals surface area contributed by atoms with Crippen molar-refractivity contribution in [3.8, 4) is 0 Å². The molecule has 1 aromatic carbocycles. The van der Waals surface area contributed by atoms with Crippen LogP contribution in [0.4, 0.5) is 5.69 Å². The molecular weight excluding hydrogens is 330 g/mol. The van der Waals surface area contributed by atoms with Gasteiger partial charge in [0.05, 0.1) is 18.7 Å². The second-order valence-corrected chi connectivity index (χ2v) is 6.66. The Bertz CT molecular complexity index is 715. The maximum absolute atomic E-state index is 12.3. The van der Waals surface area contributed by atoms with Crippen molar-refractivity contribution in [2.24, 2.45) is 5.92 Å². The van der Waals surface area contributed by atoms with E-state index in [0.29, 0.717) is 19.6 Å². The lowest BCUT2D eigenvalue weighted by molar-refractivity contribution is -0.129. The van der Waals surface area contributed by atoms with Gasteiger partial charge in [-0.15, -0.1) is 0 Å². The van der Waals surface area contributed by atoms with Crippen LogP contribution < -0.4 is 10.2 Å². The van der Waals surface area contributed by atoms with E-state index < -0.39 is 0 Å². The zero-order valence-corrected chi connectivity index (χ0v) is 15.1. The van der Waals surface area contributed by atoms with E-state index in [2.05, 4.69) is 22.3 Å². The third kappa shape index (κ3) is 4.65. The van der Waals surface area contributed by atoms with Crippen molar-refractivity contribution in [3.63, 3.8) is 0 Å². The normalized spacial score (nSPS) is 16.7. The summed E-state index contributed by atoms with van der Waals surface area (Å²) < 4.78 is 5.28. The quantitative estimate of drug-likeness (QED) is 0.738. The molecule has 1 N–H and O–H groups in total. The van der Waals surface area contributed by atoms with Crippen LogP contribution >= 0.6 is 0 Å². The van der Waals surface area contributed by atoms with Gasteiger partial charge in [-0.3, -0.25) is 9.59 Å². The number of nitrogens with zero attached hydrogens (tertiary/aromatic N) is 2. The molecule has 3 rings (SSSR count). The van der Waals surface area contributed by atoms with Crippen molar-refractivity contribution in [3.05, 3.63) is 54.5 Å². The molecule has 1 aliphatic rings. The molecular formula is C20H25N3O3. The molecule has 0 spiro atoms. The van der Waals surface area contributed by atoms with Crippen LogP contribution in [0.25, 0.3) is 0 Å². The Hall–Kier alpha value is -2.76. The Morgan fingerprint density at radius 3 is 2.81 bits per heavy atom. The molecule has 1 fully saturated rings. The van der Waals surface area contributed by atoms with Crippen LogP contribution in [-0.4, -0.2) is 43.4 Å². The van der Waals surface area contributed by atoms with Gasteiger partial charge in [0.25, 0.3) is 0 Å². The first-order valence-corrected chi connectivity index (χ1v) is 8.97. The maximum atomic E-state index is 12.3. The summed E-state index contributed by atoms with van der Waals surface area (Å²) in [6.07, 6.45) is 2.72. The summed E-state index contributed by atoms with van der Waals surface area (Å²) in [6.45, 7) is 2.35. The number of anilines is 1. The lowest BCUT2D eigenvalue weighted by Gasteiger charge is -2.19. The summed E-state index contributed by atoms with van der Waals surface area (Å²) in [5, 5.41) is 2.96. The number of amides is 2. The molecule has 26 heavy (non-hydrogen) atoms. The molecule has 2 heterocycles. The Labute approximate surface area is 153 Å². The zero-order chi connectivity index (χ0) is 18.4. The number of furan rings is 1. The van der Waals surface area contributed by atoms with E-state index in [1.807, 2.05) is 31.3 Å². The van der Waals surface area contributed by atoms with Crippen LogP contribution in [-0.2, 0) is 16.1 Å². The van der Waals surface area contributed by atoms with Crippen LogP contribution in [0.5, 0.6) is 0 Å². The first-order chi connectivity index (χ1) is 12.6. The number of hydrogen-bond donors (Lipinski definition) is 1. The summed E-state index contributed by atoms with van der Waals surface area (Å²) in [7, 11) is 2.04. The van der Waals surface area contributed by atoms with Crippen molar-refractivity contribution in [1.29, 1.82) is 0 Å². The molecule has 0 saturated carbocycles. The molecule has 1 saturated heterocycles. The summed E-state index contributed by atoms with van der Waals surface area (Å²) in [4.78, 5) is 28.3. The van der Waals surface area contributed by atoms with Gasteiger partial charge in [0.15, 0.2) is 0 Å². The third-order valence-corrected chi connectivity index (χ3v) is 4.68. The average molecular weight is 355 g/mol. The number of nitrogens with one attached hydrogen (secondary N) is 1. The highest BCUT2D eigenvalue weighted by Gasteiger charge is 2.34. The molecule has 1 atom stereocenters. The summed E-state index contributed by atoms with van der Waals surface area (Å²) in [5.41, 5.74) is 1.16. The number of hydrogen-bond acceptors (Lipinski definition) is 4. The van der Waals surface area contributed by atoms with Gasteiger partial charge >= 0.3 is 0 Å². The highest BCUT2D eigenvalue weighted by molar-refractivity contribution is 5.89. The van der Waals surface area contributed by atoms with Gasteiger partial charge in [0.2, 0.25) is 11.8 Å². The van der Waals surface area contributed by atoms with Crippen LogP contribution in [0.2, 0.25) is 0 Å². The lowest BCUT2D eigenvalue weighted by atomic mass is 10.1. The van der Waals surface area contributed by atoms with Crippen LogP contribution in [0, 0.1) is 5.92 Å². The van der Waals surface area contributed by atoms with E-state index in [1.165, 1.54) is 0 Å². The van der Waals surface area contributed by atoms with E-state index >= 15 is 0 Å². The number of carbonyl (C=O) groups is 2. The van der Waals surface area contributed by atoms with E-state index in [9.17, 15) is 9.59 Å².